The third kappa shape index (κ3) is 4.81. The van der Waals surface area contributed by atoms with Gasteiger partial charge >= 0.3 is 11.9 Å². The van der Waals surface area contributed by atoms with Gasteiger partial charge in [0.15, 0.2) is 6.10 Å². The van der Waals surface area contributed by atoms with Crippen LogP contribution in [0.3, 0.4) is 0 Å². The maximum atomic E-state index is 12.6. The first-order chi connectivity index (χ1) is 13.9. The zero-order chi connectivity index (χ0) is 21.0. The first kappa shape index (κ1) is 21.0. The Balaban J connectivity index is 1.71. The van der Waals surface area contributed by atoms with E-state index in [1.165, 1.54) is 18.3 Å². The Hall–Kier alpha value is -2.75. The van der Waals surface area contributed by atoms with E-state index in [2.05, 4.69) is 15.8 Å². The molecule has 1 atom stereocenters. The zero-order valence-corrected chi connectivity index (χ0v) is 17.1. The van der Waals surface area contributed by atoms with Crippen LogP contribution in [-0.2, 0) is 36.7 Å². The molecule has 2 aliphatic rings. The Kier molecular flexibility index (Phi) is 6.63. The summed E-state index contributed by atoms with van der Waals surface area (Å²) in [5.41, 5.74) is 3.61. The fourth-order valence-corrected chi connectivity index (χ4v) is 4.47. The molecule has 0 bridgehead atoms. The van der Waals surface area contributed by atoms with Crippen molar-refractivity contribution in [2.75, 3.05) is 11.9 Å². The zero-order valence-electron chi connectivity index (χ0n) is 16.3. The summed E-state index contributed by atoms with van der Waals surface area (Å²) < 4.78 is 10.3. The Morgan fingerprint density at radius 2 is 1.93 bits per heavy atom. The monoisotopic (exact) mass is 421 g/mol. The smallest absolute Gasteiger partial charge is 0.355 e. The van der Waals surface area contributed by atoms with Gasteiger partial charge < -0.3 is 14.8 Å². The minimum Gasteiger partial charge on any atom is -0.462 e. The Morgan fingerprint density at radius 1 is 1.17 bits per heavy atom. The standard InChI is InChI=1S/C19H23N3O6S/c1-3-27-19(26)15-11-6-4-5-7-13(11)29-17(15)20-16(24)10(2)28-18(25)12-8-9-14(23)22-21-12/h10H,3-9H2,1-2H3,(H,20,24)(H,22,23). The van der Waals surface area contributed by atoms with Gasteiger partial charge in [0, 0.05) is 17.7 Å². The SMILES string of the molecule is CCOC(=O)c1c(NC(=O)C(C)OC(=O)C2=NNC(=O)CC2)sc2c1CCCC2. The number of hydrazone groups is 1. The molecule has 10 heteroatoms. The van der Waals surface area contributed by atoms with Crippen molar-refractivity contribution in [3.05, 3.63) is 16.0 Å². The van der Waals surface area contributed by atoms with E-state index >= 15 is 0 Å². The van der Waals surface area contributed by atoms with Crippen LogP contribution in [0.2, 0.25) is 0 Å². The average Bonchev–Trinajstić information content (AvgIpc) is 3.06. The number of rotatable bonds is 6. The number of carbonyl (C=O) groups excluding carboxylic acids is 4. The lowest BCUT2D eigenvalue weighted by atomic mass is 9.95. The van der Waals surface area contributed by atoms with Gasteiger partial charge in [-0.2, -0.15) is 5.10 Å². The second-order valence-electron chi connectivity index (χ2n) is 6.77. The van der Waals surface area contributed by atoms with Crippen LogP contribution in [0, 0.1) is 0 Å². The largest absolute Gasteiger partial charge is 0.462 e. The molecule has 0 saturated carbocycles. The number of nitrogens with zero attached hydrogens (tertiary/aromatic N) is 1. The summed E-state index contributed by atoms with van der Waals surface area (Å²) in [5, 5.41) is 6.80. The number of ether oxygens (including phenoxy) is 2. The molecule has 2 heterocycles. The molecule has 0 saturated heterocycles. The third-order valence-corrected chi connectivity index (χ3v) is 5.89. The summed E-state index contributed by atoms with van der Waals surface area (Å²) in [6.07, 6.45) is 2.84. The molecule has 1 aromatic heterocycles. The molecule has 1 unspecified atom stereocenters. The van der Waals surface area contributed by atoms with Crippen LogP contribution < -0.4 is 10.7 Å². The number of esters is 2. The number of carbonyl (C=O) groups is 4. The van der Waals surface area contributed by atoms with Crippen LogP contribution in [0.5, 0.6) is 0 Å². The minimum atomic E-state index is -1.10. The highest BCUT2D eigenvalue weighted by Crippen LogP contribution is 2.38. The fourth-order valence-electron chi connectivity index (χ4n) is 3.19. The summed E-state index contributed by atoms with van der Waals surface area (Å²) in [4.78, 5) is 49.4. The molecule has 29 heavy (non-hydrogen) atoms. The van der Waals surface area contributed by atoms with Crippen LogP contribution in [0.25, 0.3) is 0 Å². The first-order valence-electron chi connectivity index (χ1n) is 9.59. The van der Waals surface area contributed by atoms with E-state index < -0.39 is 23.9 Å². The number of nitrogens with one attached hydrogen (secondary N) is 2. The van der Waals surface area contributed by atoms with E-state index in [0.29, 0.717) is 10.6 Å². The van der Waals surface area contributed by atoms with E-state index in [9.17, 15) is 19.2 Å². The van der Waals surface area contributed by atoms with E-state index in [0.717, 1.165) is 36.1 Å². The van der Waals surface area contributed by atoms with Gasteiger partial charge in [-0.25, -0.2) is 15.0 Å². The lowest BCUT2D eigenvalue weighted by Gasteiger charge is -2.16. The van der Waals surface area contributed by atoms with Crippen molar-refractivity contribution >= 4 is 45.8 Å². The van der Waals surface area contributed by atoms with Crippen molar-refractivity contribution in [3.8, 4) is 0 Å². The highest BCUT2D eigenvalue weighted by atomic mass is 32.1. The summed E-state index contributed by atoms with van der Waals surface area (Å²) in [6, 6.07) is 0. The van der Waals surface area contributed by atoms with Crippen LogP contribution in [0.1, 0.15) is 60.3 Å². The number of hydrogen-bond acceptors (Lipinski definition) is 8. The molecule has 3 rings (SSSR count). The molecule has 156 valence electrons. The van der Waals surface area contributed by atoms with E-state index in [1.807, 2.05) is 0 Å². The summed E-state index contributed by atoms with van der Waals surface area (Å²) in [7, 11) is 0. The molecule has 0 fully saturated rings. The summed E-state index contributed by atoms with van der Waals surface area (Å²) >= 11 is 1.36. The molecule has 1 aliphatic carbocycles. The lowest BCUT2D eigenvalue weighted by molar-refractivity contribution is -0.146. The number of amides is 2. The van der Waals surface area contributed by atoms with Gasteiger partial charge in [-0.1, -0.05) is 0 Å². The van der Waals surface area contributed by atoms with Crippen molar-refractivity contribution < 1.29 is 28.7 Å². The van der Waals surface area contributed by atoms with Crippen molar-refractivity contribution in [1.82, 2.24) is 5.43 Å². The lowest BCUT2D eigenvalue weighted by Crippen LogP contribution is -2.35. The Labute approximate surface area is 171 Å². The van der Waals surface area contributed by atoms with Crippen LogP contribution in [0.15, 0.2) is 5.10 Å². The van der Waals surface area contributed by atoms with Gasteiger partial charge in [0.1, 0.15) is 10.7 Å². The average molecular weight is 421 g/mol. The van der Waals surface area contributed by atoms with Crippen LogP contribution in [-0.4, -0.2) is 42.2 Å². The van der Waals surface area contributed by atoms with E-state index in [4.69, 9.17) is 9.47 Å². The van der Waals surface area contributed by atoms with Crippen LogP contribution >= 0.6 is 11.3 Å². The van der Waals surface area contributed by atoms with Gasteiger partial charge in [0.05, 0.1) is 12.2 Å². The van der Waals surface area contributed by atoms with Gasteiger partial charge in [-0.05, 0) is 45.1 Å². The predicted octanol–water partition coefficient (Wildman–Crippen LogP) is 1.94. The number of fused-ring (bicyclic) bond motifs is 1. The molecule has 0 radical (unpaired) electrons. The molecular formula is C19H23N3O6S. The van der Waals surface area contributed by atoms with Gasteiger partial charge in [0.25, 0.3) is 5.91 Å². The van der Waals surface area contributed by atoms with E-state index in [1.54, 1.807) is 6.92 Å². The van der Waals surface area contributed by atoms with Crippen molar-refractivity contribution in [3.63, 3.8) is 0 Å². The number of aryl methyl sites for hydroxylation is 1. The Morgan fingerprint density at radius 3 is 2.62 bits per heavy atom. The minimum absolute atomic E-state index is 0.0584. The van der Waals surface area contributed by atoms with E-state index in [-0.39, 0.29) is 31.1 Å². The predicted molar refractivity (Wildman–Crippen MR) is 106 cm³/mol. The second kappa shape index (κ2) is 9.17. The fraction of sp³-hybridized carbons (Fsp3) is 0.526. The number of hydrogen-bond donors (Lipinski definition) is 2. The molecular weight excluding hydrogens is 398 g/mol. The van der Waals surface area contributed by atoms with Crippen molar-refractivity contribution in [2.24, 2.45) is 5.10 Å². The Bertz CT molecular complexity index is 876. The van der Waals surface area contributed by atoms with Gasteiger partial charge in [0.2, 0.25) is 5.91 Å². The van der Waals surface area contributed by atoms with Gasteiger partial charge in [-0.3, -0.25) is 9.59 Å². The summed E-state index contributed by atoms with van der Waals surface area (Å²) in [6.45, 7) is 3.41. The molecule has 0 spiro atoms. The second-order valence-corrected chi connectivity index (χ2v) is 7.87. The quantitative estimate of drug-likeness (QED) is 0.677. The number of thiophene rings is 1. The third-order valence-electron chi connectivity index (χ3n) is 4.68. The molecule has 0 aromatic carbocycles. The van der Waals surface area contributed by atoms with Crippen molar-refractivity contribution in [1.29, 1.82) is 0 Å². The maximum absolute atomic E-state index is 12.6. The molecule has 2 amide bonds. The number of anilines is 1. The molecule has 2 N–H and O–H groups in total. The first-order valence-corrected chi connectivity index (χ1v) is 10.4. The summed E-state index contributed by atoms with van der Waals surface area (Å²) in [5.74, 6) is -2.05. The van der Waals surface area contributed by atoms with Gasteiger partial charge in [-0.15, -0.1) is 11.3 Å². The maximum Gasteiger partial charge on any atom is 0.355 e. The molecule has 1 aromatic rings. The molecule has 1 aliphatic heterocycles. The van der Waals surface area contributed by atoms with Crippen LogP contribution in [0.4, 0.5) is 5.00 Å². The highest BCUT2D eigenvalue weighted by molar-refractivity contribution is 7.17. The van der Waals surface area contributed by atoms with Crippen molar-refractivity contribution in [2.45, 2.75) is 58.5 Å². The molecule has 9 nitrogen and oxygen atoms in total. The topological polar surface area (TPSA) is 123 Å². The normalized spacial score (nSPS) is 16.8. The highest BCUT2D eigenvalue weighted by Gasteiger charge is 2.29.